The minimum absolute atomic E-state index is 0.0650. The van der Waals surface area contributed by atoms with E-state index in [9.17, 15) is 15.3 Å². The molecule has 4 N–H and O–H groups in total. The number of aromatic nitrogens is 1. The molecule has 9 heteroatoms. The number of rotatable bonds is 10. The number of carbonyl (C=O) groups excluding carboxylic acids is 1. The smallest absolute Gasteiger partial charge is 0.248 e. The number of amides is 1. The number of carbonyl (C=O) groups is 1. The molecule has 0 bridgehead atoms. The van der Waals surface area contributed by atoms with E-state index < -0.39 is 5.91 Å². The highest BCUT2D eigenvalue weighted by molar-refractivity contribution is 7.99. The zero-order valence-corrected chi connectivity index (χ0v) is 19.4. The van der Waals surface area contributed by atoms with Crippen LogP contribution in [-0.2, 0) is 11.2 Å². The van der Waals surface area contributed by atoms with Gasteiger partial charge in [-0.1, -0.05) is 24.3 Å². The SMILES string of the molecule is COCCOc1ccc(-c2c(C#N)c(N)nc(SCCc3cccc(C(N)=O)c3)c2C#N)cc1. The minimum atomic E-state index is -0.484. The maximum atomic E-state index is 11.4. The fraction of sp³-hybridized carbons (Fsp3) is 0.200. The average molecular weight is 474 g/mol. The molecule has 2 aromatic carbocycles. The van der Waals surface area contributed by atoms with Crippen LogP contribution in [-0.4, -0.2) is 37.0 Å². The van der Waals surface area contributed by atoms with Crippen molar-refractivity contribution in [1.29, 1.82) is 10.5 Å². The molecule has 1 amide bonds. The molecule has 0 saturated heterocycles. The van der Waals surface area contributed by atoms with Gasteiger partial charge in [0.15, 0.2) is 0 Å². The first-order valence-corrected chi connectivity index (χ1v) is 11.3. The van der Waals surface area contributed by atoms with E-state index >= 15 is 0 Å². The highest BCUT2D eigenvalue weighted by atomic mass is 32.2. The van der Waals surface area contributed by atoms with E-state index in [-0.39, 0.29) is 16.9 Å². The summed E-state index contributed by atoms with van der Waals surface area (Å²) in [6.07, 6.45) is 0.626. The number of nitrogen functional groups attached to an aromatic ring is 1. The predicted octanol–water partition coefficient (Wildman–Crippen LogP) is 3.53. The van der Waals surface area contributed by atoms with Crippen LogP contribution in [0.5, 0.6) is 5.75 Å². The summed E-state index contributed by atoms with van der Waals surface area (Å²) < 4.78 is 10.6. The molecule has 3 rings (SSSR count). The molecule has 0 spiro atoms. The monoisotopic (exact) mass is 473 g/mol. The van der Waals surface area contributed by atoms with Gasteiger partial charge in [0, 0.05) is 24.0 Å². The van der Waals surface area contributed by atoms with Gasteiger partial charge in [0.2, 0.25) is 5.91 Å². The lowest BCUT2D eigenvalue weighted by atomic mass is 9.97. The minimum Gasteiger partial charge on any atom is -0.491 e. The van der Waals surface area contributed by atoms with E-state index in [2.05, 4.69) is 17.1 Å². The van der Waals surface area contributed by atoms with Crippen LogP contribution in [0.25, 0.3) is 11.1 Å². The maximum absolute atomic E-state index is 11.4. The van der Waals surface area contributed by atoms with Crippen LogP contribution in [0.15, 0.2) is 53.6 Å². The van der Waals surface area contributed by atoms with Crippen LogP contribution in [0.4, 0.5) is 5.82 Å². The van der Waals surface area contributed by atoms with Crippen LogP contribution < -0.4 is 16.2 Å². The third-order valence-corrected chi connectivity index (χ3v) is 5.93. The van der Waals surface area contributed by atoms with Crippen molar-refractivity contribution in [2.45, 2.75) is 11.4 Å². The number of anilines is 1. The van der Waals surface area contributed by atoms with E-state index in [1.807, 2.05) is 6.07 Å². The van der Waals surface area contributed by atoms with Gasteiger partial charge in [-0.15, -0.1) is 11.8 Å². The van der Waals surface area contributed by atoms with Crippen LogP contribution >= 0.6 is 11.8 Å². The van der Waals surface area contributed by atoms with E-state index in [1.54, 1.807) is 49.6 Å². The molecular weight excluding hydrogens is 450 g/mol. The van der Waals surface area contributed by atoms with Gasteiger partial charge in [0.1, 0.15) is 40.9 Å². The number of thioether (sulfide) groups is 1. The first-order chi connectivity index (χ1) is 16.5. The molecule has 8 nitrogen and oxygen atoms in total. The van der Waals surface area contributed by atoms with Crippen molar-refractivity contribution in [3.63, 3.8) is 0 Å². The molecule has 0 fully saturated rings. The van der Waals surface area contributed by atoms with Crippen LogP contribution in [0.2, 0.25) is 0 Å². The number of ether oxygens (including phenoxy) is 2. The Morgan fingerprint density at radius 1 is 1.09 bits per heavy atom. The summed E-state index contributed by atoms with van der Waals surface area (Å²) >= 11 is 1.36. The molecule has 1 heterocycles. The van der Waals surface area contributed by atoms with E-state index in [4.69, 9.17) is 20.9 Å². The highest BCUT2D eigenvalue weighted by Crippen LogP contribution is 2.36. The fourth-order valence-corrected chi connectivity index (χ4v) is 4.28. The molecule has 172 valence electrons. The average Bonchev–Trinajstić information content (AvgIpc) is 2.84. The summed E-state index contributed by atoms with van der Waals surface area (Å²) in [5.41, 5.74) is 14.4. The Hall–Kier alpha value is -4.05. The molecule has 34 heavy (non-hydrogen) atoms. The Morgan fingerprint density at radius 2 is 1.82 bits per heavy atom. The summed E-state index contributed by atoms with van der Waals surface area (Å²) in [7, 11) is 1.60. The Morgan fingerprint density at radius 3 is 2.47 bits per heavy atom. The van der Waals surface area contributed by atoms with E-state index in [1.165, 1.54) is 11.8 Å². The zero-order chi connectivity index (χ0) is 24.5. The van der Waals surface area contributed by atoms with Crippen molar-refractivity contribution in [1.82, 2.24) is 4.98 Å². The van der Waals surface area contributed by atoms with Gasteiger partial charge in [-0.25, -0.2) is 4.98 Å². The van der Waals surface area contributed by atoms with E-state index in [0.29, 0.717) is 52.9 Å². The number of nitriles is 2. The number of methoxy groups -OCH3 is 1. The summed E-state index contributed by atoms with van der Waals surface area (Å²) in [5.74, 6) is 0.811. The molecule has 0 radical (unpaired) electrons. The van der Waals surface area contributed by atoms with Crippen molar-refractivity contribution in [2.24, 2.45) is 5.73 Å². The number of benzene rings is 2. The number of aryl methyl sites for hydroxylation is 1. The van der Waals surface area contributed by atoms with Gasteiger partial charge < -0.3 is 20.9 Å². The van der Waals surface area contributed by atoms with Crippen molar-refractivity contribution < 1.29 is 14.3 Å². The molecular formula is C25H23N5O3S. The molecule has 3 aromatic rings. The first-order valence-electron chi connectivity index (χ1n) is 10.4. The quantitative estimate of drug-likeness (QED) is 0.335. The first kappa shape index (κ1) is 24.6. The number of nitrogens with two attached hydrogens (primary N) is 2. The normalized spacial score (nSPS) is 10.3. The maximum Gasteiger partial charge on any atom is 0.248 e. The van der Waals surface area contributed by atoms with Gasteiger partial charge in [-0.05, 0) is 41.8 Å². The fourth-order valence-electron chi connectivity index (χ4n) is 3.30. The number of hydrogen-bond acceptors (Lipinski definition) is 8. The second-order valence-corrected chi connectivity index (χ2v) is 8.26. The zero-order valence-electron chi connectivity index (χ0n) is 18.6. The Labute approximate surface area is 202 Å². The highest BCUT2D eigenvalue weighted by Gasteiger charge is 2.20. The van der Waals surface area contributed by atoms with Crippen molar-refractivity contribution >= 4 is 23.5 Å². The van der Waals surface area contributed by atoms with Crippen molar-refractivity contribution in [3.8, 4) is 29.0 Å². The summed E-state index contributed by atoms with van der Waals surface area (Å²) in [4.78, 5) is 15.7. The standard InChI is InChI=1S/C25H23N5O3S/c1-32-10-11-33-19-7-5-17(6-8-19)22-20(14-26)23(28)30-25(21(22)15-27)34-12-9-16-3-2-4-18(13-16)24(29)31/h2-8,13H,9-12H2,1H3,(H2,28,30)(H2,29,31). The topological polar surface area (TPSA) is 148 Å². The van der Waals surface area contributed by atoms with Crippen LogP contribution in [0.3, 0.4) is 0 Å². The summed E-state index contributed by atoms with van der Waals surface area (Å²) in [5, 5.41) is 20.1. The number of hydrogen-bond donors (Lipinski definition) is 2. The lowest BCUT2D eigenvalue weighted by Crippen LogP contribution is -2.11. The van der Waals surface area contributed by atoms with Crippen LogP contribution in [0, 0.1) is 22.7 Å². The second-order valence-electron chi connectivity index (χ2n) is 7.18. The van der Waals surface area contributed by atoms with Gasteiger partial charge in [-0.3, -0.25) is 4.79 Å². The van der Waals surface area contributed by atoms with Crippen LogP contribution in [0.1, 0.15) is 27.0 Å². The van der Waals surface area contributed by atoms with Gasteiger partial charge in [0.05, 0.1) is 12.2 Å². The molecule has 0 atom stereocenters. The summed E-state index contributed by atoms with van der Waals surface area (Å²) in [6, 6.07) is 18.5. The Kier molecular flexibility index (Phi) is 8.47. The molecule has 0 aliphatic carbocycles. The lowest BCUT2D eigenvalue weighted by Gasteiger charge is -2.14. The predicted molar refractivity (Wildman–Crippen MR) is 130 cm³/mol. The molecule has 1 aromatic heterocycles. The third-order valence-electron chi connectivity index (χ3n) is 4.96. The molecule has 0 aliphatic heterocycles. The van der Waals surface area contributed by atoms with Gasteiger partial charge in [-0.2, -0.15) is 10.5 Å². The number of pyridine rings is 1. The van der Waals surface area contributed by atoms with Gasteiger partial charge >= 0.3 is 0 Å². The molecule has 0 unspecified atom stereocenters. The largest absolute Gasteiger partial charge is 0.491 e. The van der Waals surface area contributed by atoms with Gasteiger partial charge in [0.25, 0.3) is 0 Å². The van der Waals surface area contributed by atoms with Crippen molar-refractivity contribution in [2.75, 3.05) is 31.8 Å². The lowest BCUT2D eigenvalue weighted by molar-refractivity contribution is 0.1000. The Balaban J connectivity index is 1.87. The molecule has 0 saturated carbocycles. The van der Waals surface area contributed by atoms with Crippen molar-refractivity contribution in [3.05, 3.63) is 70.8 Å². The third kappa shape index (κ3) is 5.84. The second kappa shape index (κ2) is 11.7. The molecule has 0 aliphatic rings. The summed E-state index contributed by atoms with van der Waals surface area (Å²) in [6.45, 7) is 0.876. The number of primary amides is 1. The van der Waals surface area contributed by atoms with E-state index in [0.717, 1.165) is 5.56 Å². The number of nitrogens with zero attached hydrogens (tertiary/aromatic N) is 3. The Bertz CT molecular complexity index is 1260.